The molecule has 1 heterocycles. The summed E-state index contributed by atoms with van der Waals surface area (Å²) >= 11 is 1.38. The molecule has 0 aliphatic heterocycles. The zero-order chi connectivity index (χ0) is 19.9. The maximum Gasteiger partial charge on any atom is 0.290 e. The van der Waals surface area contributed by atoms with Gasteiger partial charge in [0.25, 0.3) is 17.4 Å². The van der Waals surface area contributed by atoms with Gasteiger partial charge in [-0.05, 0) is 30.5 Å². The van der Waals surface area contributed by atoms with Gasteiger partial charge in [0.15, 0.2) is 5.69 Å². The SMILES string of the molecule is CCn1nc(C(=O)NNC(=O)/C=C/Sc2ccccc2)c2ccccc2c1=O. The highest BCUT2D eigenvalue weighted by Crippen LogP contribution is 2.17. The normalized spacial score (nSPS) is 10.9. The molecular weight excluding hydrogens is 376 g/mol. The first-order valence-corrected chi connectivity index (χ1v) is 9.46. The fraction of sp³-hybridized carbons (Fsp3) is 0.100. The van der Waals surface area contributed by atoms with E-state index in [0.717, 1.165) is 4.90 Å². The van der Waals surface area contributed by atoms with Crippen molar-refractivity contribution in [1.29, 1.82) is 0 Å². The summed E-state index contributed by atoms with van der Waals surface area (Å²) in [6, 6.07) is 16.3. The zero-order valence-electron chi connectivity index (χ0n) is 15.1. The first kappa shape index (κ1) is 19.4. The van der Waals surface area contributed by atoms with Gasteiger partial charge in [-0.2, -0.15) is 5.10 Å². The van der Waals surface area contributed by atoms with Crippen LogP contribution in [0.3, 0.4) is 0 Å². The Bertz CT molecular complexity index is 1090. The van der Waals surface area contributed by atoms with Crippen LogP contribution in [0.2, 0.25) is 0 Å². The second-order valence-corrected chi connectivity index (χ2v) is 6.67. The van der Waals surface area contributed by atoms with Gasteiger partial charge in [0.2, 0.25) is 0 Å². The molecule has 1 aromatic heterocycles. The number of nitrogens with zero attached hydrogens (tertiary/aromatic N) is 2. The molecule has 0 fully saturated rings. The van der Waals surface area contributed by atoms with Crippen LogP contribution in [0.15, 0.2) is 75.8 Å². The Morgan fingerprint density at radius 1 is 1.04 bits per heavy atom. The number of aryl methyl sites for hydroxylation is 1. The van der Waals surface area contributed by atoms with Gasteiger partial charge in [-0.25, -0.2) is 4.68 Å². The fourth-order valence-corrected chi connectivity index (χ4v) is 3.17. The van der Waals surface area contributed by atoms with Crippen LogP contribution in [0.4, 0.5) is 0 Å². The summed E-state index contributed by atoms with van der Waals surface area (Å²) in [5.41, 5.74) is 4.46. The molecule has 28 heavy (non-hydrogen) atoms. The number of amides is 2. The van der Waals surface area contributed by atoms with E-state index in [9.17, 15) is 14.4 Å². The van der Waals surface area contributed by atoms with E-state index in [1.807, 2.05) is 30.3 Å². The molecule has 2 amide bonds. The van der Waals surface area contributed by atoms with Crippen molar-refractivity contribution in [3.8, 4) is 0 Å². The molecule has 0 saturated heterocycles. The number of thioether (sulfide) groups is 1. The molecule has 0 bridgehead atoms. The predicted molar refractivity (Wildman–Crippen MR) is 109 cm³/mol. The number of fused-ring (bicyclic) bond motifs is 1. The van der Waals surface area contributed by atoms with Crippen molar-refractivity contribution in [2.75, 3.05) is 0 Å². The predicted octanol–water partition coefficient (Wildman–Crippen LogP) is 2.48. The highest BCUT2D eigenvalue weighted by atomic mass is 32.2. The minimum atomic E-state index is -0.601. The Morgan fingerprint density at radius 3 is 2.43 bits per heavy atom. The molecule has 142 valence electrons. The van der Waals surface area contributed by atoms with Gasteiger partial charge < -0.3 is 0 Å². The lowest BCUT2D eigenvalue weighted by Gasteiger charge is -2.10. The number of hydrogen-bond donors (Lipinski definition) is 2. The van der Waals surface area contributed by atoms with E-state index in [1.165, 1.54) is 22.5 Å². The quantitative estimate of drug-likeness (QED) is 0.394. The largest absolute Gasteiger partial charge is 0.290 e. The summed E-state index contributed by atoms with van der Waals surface area (Å²) in [6.45, 7) is 2.09. The van der Waals surface area contributed by atoms with Crippen LogP contribution in [0, 0.1) is 0 Å². The van der Waals surface area contributed by atoms with Crippen LogP contribution in [0.25, 0.3) is 10.8 Å². The lowest BCUT2D eigenvalue weighted by Crippen LogP contribution is -2.42. The summed E-state index contributed by atoms with van der Waals surface area (Å²) in [6.07, 6.45) is 1.32. The smallest absolute Gasteiger partial charge is 0.268 e. The van der Waals surface area contributed by atoms with Gasteiger partial charge in [-0.15, -0.1) is 0 Å². The lowest BCUT2D eigenvalue weighted by molar-refractivity contribution is -0.117. The second kappa shape index (κ2) is 9.01. The van der Waals surface area contributed by atoms with Crippen LogP contribution < -0.4 is 16.4 Å². The summed E-state index contributed by atoms with van der Waals surface area (Å²) in [5.74, 6) is -1.08. The van der Waals surface area contributed by atoms with E-state index in [4.69, 9.17) is 0 Å². The summed E-state index contributed by atoms with van der Waals surface area (Å²) in [7, 11) is 0. The molecule has 7 nitrogen and oxygen atoms in total. The molecule has 0 spiro atoms. The van der Waals surface area contributed by atoms with E-state index in [0.29, 0.717) is 17.3 Å². The van der Waals surface area contributed by atoms with E-state index in [-0.39, 0.29) is 11.3 Å². The van der Waals surface area contributed by atoms with Crippen molar-refractivity contribution in [2.24, 2.45) is 0 Å². The van der Waals surface area contributed by atoms with Crippen molar-refractivity contribution in [3.05, 3.63) is 82.1 Å². The van der Waals surface area contributed by atoms with Gasteiger partial charge in [0.1, 0.15) is 0 Å². The third-order valence-corrected chi connectivity index (χ3v) is 4.66. The topological polar surface area (TPSA) is 93.1 Å². The lowest BCUT2D eigenvalue weighted by atomic mass is 10.1. The molecule has 0 aliphatic carbocycles. The number of hydrogen-bond acceptors (Lipinski definition) is 5. The van der Waals surface area contributed by atoms with Crippen LogP contribution in [0.5, 0.6) is 0 Å². The van der Waals surface area contributed by atoms with Gasteiger partial charge >= 0.3 is 0 Å². The molecule has 3 rings (SSSR count). The van der Waals surface area contributed by atoms with Crippen LogP contribution in [0.1, 0.15) is 17.4 Å². The van der Waals surface area contributed by atoms with E-state index < -0.39 is 11.8 Å². The maximum atomic E-state index is 12.5. The monoisotopic (exact) mass is 394 g/mol. The zero-order valence-corrected chi connectivity index (χ0v) is 15.9. The van der Waals surface area contributed by atoms with Crippen LogP contribution in [-0.2, 0) is 11.3 Å². The van der Waals surface area contributed by atoms with E-state index in [2.05, 4.69) is 16.0 Å². The third kappa shape index (κ3) is 4.47. The average Bonchev–Trinajstić information content (AvgIpc) is 2.73. The van der Waals surface area contributed by atoms with Crippen LogP contribution >= 0.6 is 11.8 Å². The molecule has 0 radical (unpaired) electrons. The molecule has 2 aromatic carbocycles. The highest BCUT2D eigenvalue weighted by Gasteiger charge is 2.16. The van der Waals surface area contributed by atoms with Gasteiger partial charge in [-0.3, -0.25) is 25.2 Å². The average molecular weight is 394 g/mol. The number of rotatable bonds is 5. The van der Waals surface area contributed by atoms with E-state index in [1.54, 1.807) is 36.6 Å². The standard InChI is InChI=1S/C20H18N4O3S/c1-2-24-20(27)16-11-7-6-10-15(16)18(23-24)19(26)22-21-17(25)12-13-28-14-8-4-3-5-9-14/h3-13H,2H2,1H3,(H,21,25)(H,22,26)/b13-12+. The van der Waals surface area contributed by atoms with Crippen molar-refractivity contribution in [2.45, 2.75) is 18.4 Å². The minimum Gasteiger partial charge on any atom is -0.268 e. The van der Waals surface area contributed by atoms with Crippen molar-refractivity contribution < 1.29 is 9.59 Å². The van der Waals surface area contributed by atoms with Crippen molar-refractivity contribution in [3.63, 3.8) is 0 Å². The molecular formula is C20H18N4O3S. The number of benzene rings is 2. The maximum absolute atomic E-state index is 12.5. The molecule has 0 aliphatic rings. The molecule has 0 atom stereocenters. The summed E-state index contributed by atoms with van der Waals surface area (Å²) in [4.78, 5) is 37.7. The fourth-order valence-electron chi connectivity index (χ4n) is 2.51. The Morgan fingerprint density at radius 2 is 1.71 bits per heavy atom. The molecule has 8 heteroatoms. The number of carbonyl (C=O) groups excluding carboxylic acids is 2. The molecule has 3 aromatic rings. The van der Waals surface area contributed by atoms with Crippen molar-refractivity contribution >= 4 is 34.3 Å². The molecule has 0 unspecified atom stereocenters. The van der Waals surface area contributed by atoms with Gasteiger partial charge in [0, 0.05) is 22.9 Å². The third-order valence-electron chi connectivity index (χ3n) is 3.85. The van der Waals surface area contributed by atoms with Gasteiger partial charge in [-0.1, -0.05) is 48.2 Å². The Balaban J connectivity index is 1.69. The highest BCUT2D eigenvalue weighted by molar-refractivity contribution is 8.02. The number of nitrogens with one attached hydrogen (secondary N) is 2. The number of carbonyl (C=O) groups is 2. The summed E-state index contributed by atoms with van der Waals surface area (Å²) < 4.78 is 1.22. The number of aromatic nitrogens is 2. The summed E-state index contributed by atoms with van der Waals surface area (Å²) in [5, 5.41) is 6.57. The van der Waals surface area contributed by atoms with Crippen LogP contribution in [-0.4, -0.2) is 21.6 Å². The van der Waals surface area contributed by atoms with Gasteiger partial charge in [0.05, 0.1) is 5.39 Å². The first-order chi connectivity index (χ1) is 13.6. The minimum absolute atomic E-state index is 0.0694. The number of hydrazine groups is 1. The molecule has 0 saturated carbocycles. The Labute approximate surface area is 165 Å². The van der Waals surface area contributed by atoms with E-state index >= 15 is 0 Å². The first-order valence-electron chi connectivity index (χ1n) is 8.58. The Hall–Kier alpha value is -3.39. The van der Waals surface area contributed by atoms with Crippen molar-refractivity contribution in [1.82, 2.24) is 20.6 Å². The second-order valence-electron chi connectivity index (χ2n) is 5.69. The Kier molecular flexibility index (Phi) is 6.23. The molecule has 2 N–H and O–H groups in total.